The van der Waals surface area contributed by atoms with E-state index in [1.165, 1.54) is 0 Å². The molecule has 0 unspecified atom stereocenters. The van der Waals surface area contributed by atoms with Crippen LogP contribution in [-0.4, -0.2) is 48.5 Å². The molecular weight excluding hydrogens is 240 g/mol. The van der Waals surface area contributed by atoms with Crippen LogP contribution in [0.2, 0.25) is 0 Å². The summed E-state index contributed by atoms with van der Waals surface area (Å²) >= 11 is 0. The van der Waals surface area contributed by atoms with Crippen molar-refractivity contribution in [3.05, 3.63) is 23.9 Å². The third-order valence-electron chi connectivity index (χ3n) is 3.03. The zero-order chi connectivity index (χ0) is 14.3. The zero-order valence-electron chi connectivity index (χ0n) is 12.2. The Kier molecular flexibility index (Phi) is 6.29. The van der Waals surface area contributed by atoms with Crippen molar-refractivity contribution in [1.82, 2.24) is 15.2 Å². The van der Waals surface area contributed by atoms with E-state index in [1.54, 1.807) is 18.3 Å². The van der Waals surface area contributed by atoms with Crippen LogP contribution in [0, 0.1) is 0 Å². The van der Waals surface area contributed by atoms with Gasteiger partial charge in [-0.2, -0.15) is 0 Å². The molecule has 0 aliphatic heterocycles. The summed E-state index contributed by atoms with van der Waals surface area (Å²) in [7, 11) is 2.05. The molecule has 0 aliphatic rings. The van der Waals surface area contributed by atoms with Crippen LogP contribution in [0.15, 0.2) is 18.3 Å². The van der Waals surface area contributed by atoms with Crippen LogP contribution in [0.4, 0.5) is 5.82 Å². The van der Waals surface area contributed by atoms with Gasteiger partial charge in [0, 0.05) is 31.9 Å². The number of nitrogens with one attached hydrogen (secondary N) is 2. The molecule has 1 rings (SSSR count). The normalized spacial score (nSPS) is 10.8. The van der Waals surface area contributed by atoms with Crippen LogP contribution < -0.4 is 10.6 Å². The van der Waals surface area contributed by atoms with Gasteiger partial charge in [-0.3, -0.25) is 4.79 Å². The number of aromatic nitrogens is 1. The van der Waals surface area contributed by atoms with E-state index in [0.29, 0.717) is 24.0 Å². The summed E-state index contributed by atoms with van der Waals surface area (Å²) in [6, 6.07) is 4.04. The van der Waals surface area contributed by atoms with Crippen molar-refractivity contribution in [2.45, 2.75) is 26.8 Å². The molecule has 0 aromatic carbocycles. The molecule has 5 nitrogen and oxygen atoms in total. The summed E-state index contributed by atoms with van der Waals surface area (Å²) in [6.45, 7) is 8.45. The average Bonchev–Trinajstić information content (AvgIpc) is 2.39. The van der Waals surface area contributed by atoms with Gasteiger partial charge in [0.15, 0.2) is 0 Å². The molecule has 0 atom stereocenters. The van der Waals surface area contributed by atoms with Crippen LogP contribution in [-0.2, 0) is 0 Å². The number of amides is 1. The van der Waals surface area contributed by atoms with Gasteiger partial charge in [0.05, 0.1) is 5.56 Å². The first-order chi connectivity index (χ1) is 9.06. The van der Waals surface area contributed by atoms with Crippen molar-refractivity contribution < 1.29 is 4.79 Å². The minimum atomic E-state index is -0.0822. The van der Waals surface area contributed by atoms with Crippen molar-refractivity contribution in [3.63, 3.8) is 0 Å². The quantitative estimate of drug-likeness (QED) is 0.785. The number of hydrogen-bond acceptors (Lipinski definition) is 4. The molecular formula is C14H24N4O. The van der Waals surface area contributed by atoms with Crippen LogP contribution in [0.25, 0.3) is 0 Å². The predicted molar refractivity (Wildman–Crippen MR) is 78.5 cm³/mol. The summed E-state index contributed by atoms with van der Waals surface area (Å²) in [5.74, 6) is 0.556. The van der Waals surface area contributed by atoms with Crippen LogP contribution in [0.1, 0.15) is 31.1 Å². The molecule has 19 heavy (non-hydrogen) atoms. The van der Waals surface area contributed by atoms with Crippen molar-refractivity contribution in [1.29, 1.82) is 0 Å². The Morgan fingerprint density at radius 2 is 2.21 bits per heavy atom. The SMILES string of the molecule is CCNc1ncccc1C(=O)NCCN(C)C(C)C. The minimum absolute atomic E-state index is 0.0822. The number of carbonyl (C=O) groups excluding carboxylic acids is 1. The lowest BCUT2D eigenvalue weighted by molar-refractivity contribution is 0.0948. The molecule has 0 saturated heterocycles. The molecule has 0 saturated carbocycles. The molecule has 0 aliphatic carbocycles. The second-order valence-electron chi connectivity index (χ2n) is 4.76. The summed E-state index contributed by atoms with van der Waals surface area (Å²) in [5, 5.41) is 6.02. The standard InChI is InChI=1S/C14H24N4O/c1-5-15-13-12(7-6-8-16-13)14(19)17-9-10-18(4)11(2)3/h6-8,11H,5,9-10H2,1-4H3,(H,15,16)(H,17,19). The van der Waals surface area contributed by atoms with Crippen LogP contribution >= 0.6 is 0 Å². The molecule has 1 amide bonds. The number of nitrogens with zero attached hydrogens (tertiary/aromatic N) is 2. The molecule has 2 N–H and O–H groups in total. The topological polar surface area (TPSA) is 57.3 Å². The van der Waals surface area contributed by atoms with E-state index in [-0.39, 0.29) is 5.91 Å². The highest BCUT2D eigenvalue weighted by molar-refractivity contribution is 5.98. The smallest absolute Gasteiger partial charge is 0.255 e. The van der Waals surface area contributed by atoms with Gasteiger partial charge in [0.2, 0.25) is 0 Å². The molecule has 1 aromatic rings. The Hall–Kier alpha value is -1.62. The highest BCUT2D eigenvalue weighted by Gasteiger charge is 2.11. The van der Waals surface area contributed by atoms with E-state index >= 15 is 0 Å². The fourth-order valence-electron chi connectivity index (χ4n) is 1.60. The van der Waals surface area contributed by atoms with Crippen LogP contribution in [0.3, 0.4) is 0 Å². The number of likely N-dealkylation sites (N-methyl/N-ethyl adjacent to an activating group) is 1. The fraction of sp³-hybridized carbons (Fsp3) is 0.571. The summed E-state index contributed by atoms with van der Waals surface area (Å²) in [5.41, 5.74) is 0.594. The second kappa shape index (κ2) is 7.74. The molecule has 1 aromatic heterocycles. The summed E-state index contributed by atoms with van der Waals surface area (Å²) in [6.07, 6.45) is 1.68. The van der Waals surface area contributed by atoms with E-state index in [4.69, 9.17) is 0 Å². The Labute approximate surface area is 115 Å². The van der Waals surface area contributed by atoms with Crippen molar-refractivity contribution in [2.75, 3.05) is 32.0 Å². The molecule has 1 heterocycles. The molecule has 0 fully saturated rings. The van der Waals surface area contributed by atoms with E-state index in [2.05, 4.69) is 34.4 Å². The lowest BCUT2D eigenvalue weighted by atomic mass is 10.2. The van der Waals surface area contributed by atoms with Gasteiger partial charge in [0.1, 0.15) is 5.82 Å². The summed E-state index contributed by atoms with van der Waals surface area (Å²) in [4.78, 5) is 18.4. The largest absolute Gasteiger partial charge is 0.370 e. The Balaban J connectivity index is 2.54. The molecule has 0 spiro atoms. The van der Waals surface area contributed by atoms with Gasteiger partial charge in [-0.25, -0.2) is 4.98 Å². The maximum Gasteiger partial charge on any atom is 0.255 e. The minimum Gasteiger partial charge on any atom is -0.370 e. The van der Waals surface area contributed by atoms with E-state index < -0.39 is 0 Å². The molecule has 5 heteroatoms. The van der Waals surface area contributed by atoms with E-state index in [9.17, 15) is 4.79 Å². The first-order valence-corrected chi connectivity index (χ1v) is 6.73. The van der Waals surface area contributed by atoms with Gasteiger partial charge in [-0.05, 0) is 40.0 Å². The van der Waals surface area contributed by atoms with Gasteiger partial charge >= 0.3 is 0 Å². The first kappa shape index (κ1) is 15.4. The zero-order valence-corrected chi connectivity index (χ0v) is 12.2. The highest BCUT2D eigenvalue weighted by Crippen LogP contribution is 2.10. The number of pyridine rings is 1. The lowest BCUT2D eigenvalue weighted by Gasteiger charge is -2.21. The Bertz CT molecular complexity index is 406. The van der Waals surface area contributed by atoms with Gasteiger partial charge in [-0.1, -0.05) is 0 Å². The number of rotatable bonds is 7. The van der Waals surface area contributed by atoms with E-state index in [1.807, 2.05) is 14.0 Å². The highest BCUT2D eigenvalue weighted by atomic mass is 16.1. The maximum atomic E-state index is 12.1. The predicted octanol–water partition coefficient (Wildman–Crippen LogP) is 1.58. The Morgan fingerprint density at radius 3 is 2.84 bits per heavy atom. The Morgan fingerprint density at radius 1 is 1.47 bits per heavy atom. The van der Waals surface area contributed by atoms with Gasteiger partial charge in [0.25, 0.3) is 5.91 Å². The van der Waals surface area contributed by atoms with E-state index in [0.717, 1.165) is 13.1 Å². The number of hydrogen-bond donors (Lipinski definition) is 2. The van der Waals surface area contributed by atoms with Gasteiger partial charge in [-0.15, -0.1) is 0 Å². The number of carbonyl (C=O) groups is 1. The second-order valence-corrected chi connectivity index (χ2v) is 4.76. The number of anilines is 1. The van der Waals surface area contributed by atoms with Crippen molar-refractivity contribution in [3.8, 4) is 0 Å². The third kappa shape index (κ3) is 4.87. The van der Waals surface area contributed by atoms with Crippen molar-refractivity contribution >= 4 is 11.7 Å². The monoisotopic (exact) mass is 264 g/mol. The fourth-order valence-corrected chi connectivity index (χ4v) is 1.60. The summed E-state index contributed by atoms with van der Waals surface area (Å²) < 4.78 is 0. The molecule has 106 valence electrons. The van der Waals surface area contributed by atoms with Crippen molar-refractivity contribution in [2.24, 2.45) is 0 Å². The van der Waals surface area contributed by atoms with Gasteiger partial charge < -0.3 is 15.5 Å². The van der Waals surface area contributed by atoms with Crippen LogP contribution in [0.5, 0.6) is 0 Å². The molecule has 0 radical (unpaired) electrons. The lowest BCUT2D eigenvalue weighted by Crippen LogP contribution is -2.36. The maximum absolute atomic E-state index is 12.1. The third-order valence-corrected chi connectivity index (χ3v) is 3.03. The first-order valence-electron chi connectivity index (χ1n) is 6.73. The molecule has 0 bridgehead atoms. The average molecular weight is 264 g/mol.